The Kier molecular flexibility index (Phi) is 5.00. The molecule has 0 fully saturated rings. The monoisotopic (exact) mass is 369 g/mol. The summed E-state index contributed by atoms with van der Waals surface area (Å²) < 4.78 is 12.1. The lowest BCUT2D eigenvalue weighted by molar-refractivity contribution is 0.0351. The summed E-state index contributed by atoms with van der Waals surface area (Å²) in [7, 11) is 0. The SMILES string of the molecule is C[C@H](CC#N)OC(=O)c1ccc2c(=O)n(Cc3ccco3)c(=S)[nH]c2c1. The molecule has 2 heterocycles. The minimum absolute atomic E-state index is 0.110. The number of rotatable bonds is 5. The highest BCUT2D eigenvalue weighted by atomic mass is 32.1. The first-order valence-electron chi connectivity index (χ1n) is 7.87. The number of carbonyl (C=O) groups excluding carboxylic acids is 1. The lowest BCUT2D eigenvalue weighted by atomic mass is 10.1. The third-order valence-electron chi connectivity index (χ3n) is 3.80. The number of furan rings is 1. The van der Waals surface area contributed by atoms with Gasteiger partial charge in [-0.3, -0.25) is 9.36 Å². The first kappa shape index (κ1) is 17.6. The molecule has 1 N–H and O–H groups in total. The number of fused-ring (bicyclic) bond motifs is 1. The van der Waals surface area contributed by atoms with Gasteiger partial charge in [-0.1, -0.05) is 0 Å². The van der Waals surface area contributed by atoms with Gasteiger partial charge in [0.15, 0.2) is 4.77 Å². The van der Waals surface area contributed by atoms with Crippen LogP contribution in [0.5, 0.6) is 0 Å². The molecule has 0 spiro atoms. The van der Waals surface area contributed by atoms with E-state index in [-0.39, 0.29) is 28.9 Å². The summed E-state index contributed by atoms with van der Waals surface area (Å²) in [5.41, 5.74) is 0.437. The van der Waals surface area contributed by atoms with E-state index in [9.17, 15) is 9.59 Å². The number of ether oxygens (including phenoxy) is 1. The second-order valence-corrected chi connectivity index (χ2v) is 6.13. The number of benzene rings is 1. The third-order valence-corrected chi connectivity index (χ3v) is 4.12. The Labute approximate surface area is 153 Å². The van der Waals surface area contributed by atoms with Crippen LogP contribution in [0.2, 0.25) is 0 Å². The van der Waals surface area contributed by atoms with E-state index >= 15 is 0 Å². The normalized spacial score (nSPS) is 11.8. The molecule has 0 aliphatic rings. The molecular formula is C18H15N3O4S. The van der Waals surface area contributed by atoms with Crippen LogP contribution in [0, 0.1) is 16.1 Å². The molecule has 0 unspecified atom stereocenters. The Balaban J connectivity index is 1.96. The van der Waals surface area contributed by atoms with Crippen LogP contribution in [0.3, 0.4) is 0 Å². The maximum Gasteiger partial charge on any atom is 0.338 e. The molecule has 0 amide bonds. The van der Waals surface area contributed by atoms with Gasteiger partial charge in [-0.15, -0.1) is 0 Å². The molecule has 0 saturated heterocycles. The third kappa shape index (κ3) is 3.58. The molecule has 1 atom stereocenters. The highest BCUT2D eigenvalue weighted by Gasteiger charge is 2.14. The van der Waals surface area contributed by atoms with Crippen LogP contribution in [0.4, 0.5) is 0 Å². The molecule has 0 saturated carbocycles. The molecule has 1 aromatic carbocycles. The van der Waals surface area contributed by atoms with E-state index in [0.29, 0.717) is 16.7 Å². The maximum atomic E-state index is 12.7. The largest absolute Gasteiger partial charge is 0.467 e. The van der Waals surface area contributed by atoms with Gasteiger partial charge in [-0.2, -0.15) is 5.26 Å². The molecule has 3 aromatic rings. The Bertz CT molecular complexity index is 1110. The number of hydrogen-bond acceptors (Lipinski definition) is 6. The minimum Gasteiger partial charge on any atom is -0.467 e. The van der Waals surface area contributed by atoms with Crippen molar-refractivity contribution in [3.8, 4) is 6.07 Å². The summed E-state index contributed by atoms with van der Waals surface area (Å²) >= 11 is 5.27. The van der Waals surface area contributed by atoms with E-state index in [1.54, 1.807) is 25.1 Å². The van der Waals surface area contributed by atoms with E-state index < -0.39 is 12.1 Å². The van der Waals surface area contributed by atoms with E-state index in [2.05, 4.69) is 4.98 Å². The van der Waals surface area contributed by atoms with Crippen molar-refractivity contribution in [3.63, 3.8) is 0 Å². The molecule has 7 nitrogen and oxygen atoms in total. The second kappa shape index (κ2) is 7.37. The minimum atomic E-state index is -0.561. The number of aromatic nitrogens is 2. The fraction of sp³-hybridized carbons (Fsp3) is 0.222. The maximum absolute atomic E-state index is 12.7. The average molecular weight is 369 g/mol. The number of hydrogen-bond donors (Lipinski definition) is 1. The van der Waals surface area contributed by atoms with E-state index in [1.807, 2.05) is 6.07 Å². The number of nitriles is 1. The fourth-order valence-electron chi connectivity index (χ4n) is 2.50. The lowest BCUT2D eigenvalue weighted by Gasteiger charge is -2.11. The van der Waals surface area contributed by atoms with E-state index in [1.165, 1.54) is 23.0 Å². The summed E-state index contributed by atoms with van der Waals surface area (Å²) in [6.07, 6.45) is 1.13. The van der Waals surface area contributed by atoms with Gasteiger partial charge in [0.25, 0.3) is 5.56 Å². The van der Waals surface area contributed by atoms with Crippen LogP contribution in [0.25, 0.3) is 10.9 Å². The quantitative estimate of drug-likeness (QED) is 0.548. The van der Waals surface area contributed by atoms with Crippen LogP contribution in [0.1, 0.15) is 29.5 Å². The lowest BCUT2D eigenvalue weighted by Crippen LogP contribution is -2.23. The van der Waals surface area contributed by atoms with Gasteiger partial charge in [0.05, 0.1) is 41.8 Å². The van der Waals surface area contributed by atoms with Crippen molar-refractivity contribution in [2.75, 3.05) is 0 Å². The Morgan fingerprint density at radius 2 is 2.27 bits per heavy atom. The topological polar surface area (TPSA) is 101 Å². The predicted molar refractivity (Wildman–Crippen MR) is 96.3 cm³/mol. The molecule has 8 heteroatoms. The van der Waals surface area contributed by atoms with Gasteiger partial charge in [0, 0.05) is 0 Å². The number of nitrogens with one attached hydrogen (secondary N) is 1. The molecular weight excluding hydrogens is 354 g/mol. The van der Waals surface area contributed by atoms with Crippen molar-refractivity contribution in [1.82, 2.24) is 9.55 Å². The zero-order valence-corrected chi connectivity index (χ0v) is 14.7. The summed E-state index contributed by atoms with van der Waals surface area (Å²) in [4.78, 5) is 27.8. The van der Waals surface area contributed by atoms with Crippen molar-refractivity contribution in [2.45, 2.75) is 26.0 Å². The fourth-order valence-corrected chi connectivity index (χ4v) is 2.76. The predicted octanol–water partition coefficient (Wildman–Crippen LogP) is 3.16. The van der Waals surface area contributed by atoms with Gasteiger partial charge in [0.1, 0.15) is 11.9 Å². The van der Waals surface area contributed by atoms with Crippen molar-refractivity contribution in [1.29, 1.82) is 5.26 Å². The first-order chi connectivity index (χ1) is 12.5. The number of esters is 1. The van der Waals surface area contributed by atoms with E-state index in [4.69, 9.17) is 26.6 Å². The Hall–Kier alpha value is -3.18. The van der Waals surface area contributed by atoms with Gasteiger partial charge in [-0.25, -0.2) is 4.79 Å². The molecule has 132 valence electrons. The zero-order chi connectivity index (χ0) is 18.7. The molecule has 2 aromatic heterocycles. The molecule has 0 bridgehead atoms. The van der Waals surface area contributed by atoms with Crippen LogP contribution < -0.4 is 5.56 Å². The van der Waals surface area contributed by atoms with Crippen molar-refractivity contribution >= 4 is 29.1 Å². The van der Waals surface area contributed by atoms with Crippen LogP contribution in [0.15, 0.2) is 45.8 Å². The van der Waals surface area contributed by atoms with Crippen LogP contribution >= 0.6 is 12.2 Å². The standard InChI is InChI=1S/C18H15N3O4S/c1-11(6-7-19)25-17(23)12-4-5-14-15(9-12)20-18(26)21(16(14)22)10-13-3-2-8-24-13/h2-5,8-9,11H,6,10H2,1H3,(H,20,26)/t11-/m1/s1. The highest BCUT2D eigenvalue weighted by Crippen LogP contribution is 2.14. The smallest absolute Gasteiger partial charge is 0.338 e. The molecule has 3 rings (SSSR count). The molecule has 26 heavy (non-hydrogen) atoms. The number of nitrogens with zero attached hydrogens (tertiary/aromatic N) is 2. The number of carbonyl (C=O) groups is 1. The summed E-state index contributed by atoms with van der Waals surface area (Å²) in [5.74, 6) is 0.0476. The summed E-state index contributed by atoms with van der Waals surface area (Å²) in [6.45, 7) is 1.86. The Morgan fingerprint density at radius 3 is 2.96 bits per heavy atom. The second-order valence-electron chi connectivity index (χ2n) is 5.74. The zero-order valence-electron chi connectivity index (χ0n) is 13.9. The first-order valence-corrected chi connectivity index (χ1v) is 8.27. The summed E-state index contributed by atoms with van der Waals surface area (Å²) in [6, 6.07) is 10.0. The Morgan fingerprint density at radius 1 is 1.46 bits per heavy atom. The molecule has 0 aliphatic carbocycles. The molecule has 0 radical (unpaired) electrons. The summed E-state index contributed by atoms with van der Waals surface area (Å²) in [5, 5.41) is 9.03. The van der Waals surface area contributed by atoms with E-state index in [0.717, 1.165) is 0 Å². The number of aromatic amines is 1. The number of H-pyrrole nitrogens is 1. The van der Waals surface area contributed by atoms with Gasteiger partial charge in [-0.05, 0) is 49.5 Å². The van der Waals surface area contributed by atoms with Crippen molar-refractivity contribution < 1.29 is 13.9 Å². The van der Waals surface area contributed by atoms with Crippen LogP contribution in [-0.4, -0.2) is 21.6 Å². The highest BCUT2D eigenvalue weighted by molar-refractivity contribution is 7.71. The molecule has 0 aliphatic heterocycles. The van der Waals surface area contributed by atoms with Crippen LogP contribution in [-0.2, 0) is 11.3 Å². The van der Waals surface area contributed by atoms with Gasteiger partial charge >= 0.3 is 5.97 Å². The van der Waals surface area contributed by atoms with Gasteiger partial charge < -0.3 is 14.1 Å². The van der Waals surface area contributed by atoms with Gasteiger partial charge in [0.2, 0.25) is 0 Å². The van der Waals surface area contributed by atoms with Crippen molar-refractivity contribution in [2.24, 2.45) is 0 Å². The average Bonchev–Trinajstić information content (AvgIpc) is 3.11. The van der Waals surface area contributed by atoms with Crippen molar-refractivity contribution in [3.05, 3.63) is 63.0 Å².